The number of halogens is 2. The maximum Gasteiger partial charge on any atom is 0.232 e. The number of rotatable bonds is 8. The molecule has 0 aliphatic carbocycles. The van der Waals surface area contributed by atoms with Crippen molar-refractivity contribution in [1.82, 2.24) is 0 Å². The fourth-order valence-corrected chi connectivity index (χ4v) is 2.99. The molecule has 0 bridgehead atoms. The summed E-state index contributed by atoms with van der Waals surface area (Å²) >= 11 is 3.41. The molecule has 19 heavy (non-hydrogen) atoms. The zero-order valence-corrected chi connectivity index (χ0v) is 14.0. The van der Waals surface area contributed by atoms with Gasteiger partial charge in [0.05, 0.1) is 12.4 Å². The Bertz CT molecular complexity index is 490. The van der Waals surface area contributed by atoms with Crippen molar-refractivity contribution in [2.24, 2.45) is 5.92 Å². The molecule has 0 amide bonds. The van der Waals surface area contributed by atoms with Gasteiger partial charge in [-0.1, -0.05) is 35.0 Å². The second-order valence-corrected chi connectivity index (χ2v) is 8.42. The highest BCUT2D eigenvalue weighted by Crippen LogP contribution is 2.14. The molecule has 0 saturated carbocycles. The average Bonchev–Trinajstić information content (AvgIpc) is 2.31. The Balaban J connectivity index is 2.17. The topological polar surface area (TPSA) is 43.4 Å². The molecule has 1 unspecified atom stereocenters. The molecule has 1 atom stereocenters. The van der Waals surface area contributed by atoms with Gasteiger partial charge in [0, 0.05) is 21.8 Å². The monoisotopic (exact) mass is 368 g/mol. The summed E-state index contributed by atoms with van der Waals surface area (Å²) in [7, 11) is 1.80. The van der Waals surface area contributed by atoms with Gasteiger partial charge in [-0.3, -0.25) is 0 Å². The normalized spacial score (nSPS) is 13.4. The van der Waals surface area contributed by atoms with Gasteiger partial charge < -0.3 is 4.74 Å². The molecular weight excluding hydrogens is 352 g/mol. The van der Waals surface area contributed by atoms with Crippen LogP contribution in [0.15, 0.2) is 28.7 Å². The zero-order chi connectivity index (χ0) is 14.3. The van der Waals surface area contributed by atoms with Gasteiger partial charge in [0.2, 0.25) is 9.05 Å². The Labute approximate surface area is 127 Å². The smallest absolute Gasteiger partial charge is 0.232 e. The van der Waals surface area contributed by atoms with Crippen LogP contribution in [-0.2, 0) is 20.4 Å². The van der Waals surface area contributed by atoms with Gasteiger partial charge in [-0.25, -0.2) is 8.42 Å². The molecule has 0 aliphatic heterocycles. The minimum atomic E-state index is -3.37. The van der Waals surface area contributed by atoms with Crippen LogP contribution in [0.1, 0.15) is 25.3 Å². The molecular formula is C13H18BrClO3S. The molecule has 108 valence electrons. The van der Waals surface area contributed by atoms with Crippen molar-refractivity contribution < 1.29 is 13.2 Å². The maximum atomic E-state index is 10.8. The van der Waals surface area contributed by atoms with Crippen molar-refractivity contribution in [3.8, 4) is 0 Å². The first-order chi connectivity index (χ1) is 8.87. The molecule has 0 N–H and O–H groups in total. The third-order valence-electron chi connectivity index (χ3n) is 2.77. The van der Waals surface area contributed by atoms with E-state index in [0.717, 1.165) is 16.5 Å². The second-order valence-electron chi connectivity index (χ2n) is 4.61. The summed E-state index contributed by atoms with van der Waals surface area (Å²) in [6.07, 6.45) is 1.41. The summed E-state index contributed by atoms with van der Waals surface area (Å²) in [5.74, 6) is 0.317. The first-order valence-corrected chi connectivity index (χ1v) is 9.38. The summed E-state index contributed by atoms with van der Waals surface area (Å²) in [6.45, 7) is 3.19. The Morgan fingerprint density at radius 3 is 2.74 bits per heavy atom. The molecule has 1 aromatic carbocycles. The highest BCUT2D eigenvalue weighted by molar-refractivity contribution is 9.10. The summed E-state index contributed by atoms with van der Waals surface area (Å²) in [6, 6.07) is 7.96. The van der Waals surface area contributed by atoms with Crippen LogP contribution >= 0.6 is 26.6 Å². The van der Waals surface area contributed by atoms with Gasteiger partial charge in [-0.05, 0) is 36.5 Å². The van der Waals surface area contributed by atoms with Crippen molar-refractivity contribution in [2.75, 3.05) is 12.4 Å². The van der Waals surface area contributed by atoms with E-state index in [2.05, 4.69) is 15.9 Å². The van der Waals surface area contributed by atoms with E-state index in [9.17, 15) is 8.42 Å². The maximum absolute atomic E-state index is 10.8. The summed E-state index contributed by atoms with van der Waals surface area (Å²) in [5.41, 5.74) is 1.12. The van der Waals surface area contributed by atoms with Crippen molar-refractivity contribution in [3.63, 3.8) is 0 Å². The van der Waals surface area contributed by atoms with Gasteiger partial charge in [-0.2, -0.15) is 0 Å². The molecule has 0 aromatic heterocycles. The molecule has 0 heterocycles. The lowest BCUT2D eigenvalue weighted by molar-refractivity contribution is 0.108. The zero-order valence-electron chi connectivity index (χ0n) is 10.8. The Hall–Kier alpha value is -0.100. The van der Waals surface area contributed by atoms with Crippen LogP contribution in [0.5, 0.6) is 0 Å². The van der Waals surface area contributed by atoms with Gasteiger partial charge in [-0.15, -0.1) is 0 Å². The fourth-order valence-electron chi connectivity index (χ4n) is 1.59. The van der Waals surface area contributed by atoms with Crippen LogP contribution in [0.25, 0.3) is 0 Å². The van der Waals surface area contributed by atoms with Crippen molar-refractivity contribution in [2.45, 2.75) is 26.4 Å². The van der Waals surface area contributed by atoms with Crippen LogP contribution in [0.3, 0.4) is 0 Å². The van der Waals surface area contributed by atoms with Crippen molar-refractivity contribution in [1.29, 1.82) is 0 Å². The Morgan fingerprint density at radius 2 is 2.11 bits per heavy atom. The predicted octanol–water partition coefficient (Wildman–Crippen LogP) is 3.95. The van der Waals surface area contributed by atoms with E-state index in [1.54, 1.807) is 0 Å². The fraction of sp³-hybridized carbons (Fsp3) is 0.538. The lowest BCUT2D eigenvalue weighted by Gasteiger charge is -2.10. The molecule has 0 spiro atoms. The molecule has 0 saturated heterocycles. The van der Waals surface area contributed by atoms with E-state index < -0.39 is 9.05 Å². The Morgan fingerprint density at radius 1 is 1.37 bits per heavy atom. The van der Waals surface area contributed by atoms with Crippen LogP contribution in [0, 0.1) is 5.92 Å². The van der Waals surface area contributed by atoms with Gasteiger partial charge in [0.1, 0.15) is 0 Å². The quantitative estimate of drug-likeness (QED) is 0.515. The number of benzene rings is 1. The van der Waals surface area contributed by atoms with Crippen LogP contribution in [0.4, 0.5) is 0 Å². The summed E-state index contributed by atoms with van der Waals surface area (Å²) < 4.78 is 28.2. The van der Waals surface area contributed by atoms with Crippen LogP contribution < -0.4 is 0 Å². The van der Waals surface area contributed by atoms with E-state index in [4.69, 9.17) is 15.4 Å². The minimum Gasteiger partial charge on any atom is -0.377 e. The number of ether oxygens (including phenoxy) is 1. The number of hydrogen-bond acceptors (Lipinski definition) is 3. The summed E-state index contributed by atoms with van der Waals surface area (Å²) in [4.78, 5) is 0. The first kappa shape index (κ1) is 17.0. The lowest BCUT2D eigenvalue weighted by Crippen LogP contribution is -2.07. The largest absolute Gasteiger partial charge is 0.377 e. The third-order valence-corrected chi connectivity index (χ3v) is 4.45. The van der Waals surface area contributed by atoms with Gasteiger partial charge in [0.25, 0.3) is 0 Å². The molecule has 1 aromatic rings. The third kappa shape index (κ3) is 8.63. The van der Waals surface area contributed by atoms with Crippen molar-refractivity contribution >= 4 is 35.7 Å². The highest BCUT2D eigenvalue weighted by Gasteiger charge is 2.09. The van der Waals surface area contributed by atoms with Crippen LogP contribution in [-0.4, -0.2) is 20.8 Å². The lowest BCUT2D eigenvalue weighted by atomic mass is 10.1. The number of hydrogen-bond donors (Lipinski definition) is 0. The van der Waals surface area contributed by atoms with E-state index in [1.807, 2.05) is 31.2 Å². The SMILES string of the molecule is CC(CCOCc1cccc(Br)c1)CCS(=O)(=O)Cl. The van der Waals surface area contributed by atoms with E-state index in [1.165, 1.54) is 0 Å². The standard InChI is InChI=1S/C13H18BrClO3S/c1-11(6-8-19(15,16)17)5-7-18-10-12-3-2-4-13(14)9-12/h2-4,9,11H,5-8,10H2,1H3. The second kappa shape index (κ2) is 8.25. The van der Waals surface area contributed by atoms with Crippen LogP contribution in [0.2, 0.25) is 0 Å². The van der Waals surface area contributed by atoms with Gasteiger partial charge in [0.15, 0.2) is 0 Å². The summed E-state index contributed by atoms with van der Waals surface area (Å²) in [5, 5.41) is 0. The van der Waals surface area contributed by atoms with E-state index in [-0.39, 0.29) is 11.7 Å². The van der Waals surface area contributed by atoms with Gasteiger partial charge >= 0.3 is 0 Å². The molecule has 1 rings (SSSR count). The van der Waals surface area contributed by atoms with E-state index >= 15 is 0 Å². The molecule has 0 aliphatic rings. The van der Waals surface area contributed by atoms with E-state index in [0.29, 0.717) is 19.6 Å². The molecule has 0 radical (unpaired) electrons. The predicted molar refractivity (Wildman–Crippen MR) is 81.8 cm³/mol. The molecule has 6 heteroatoms. The minimum absolute atomic E-state index is 0.0291. The molecule has 0 fully saturated rings. The first-order valence-electron chi connectivity index (χ1n) is 6.11. The molecule has 3 nitrogen and oxygen atoms in total. The van der Waals surface area contributed by atoms with Crippen molar-refractivity contribution in [3.05, 3.63) is 34.3 Å². The Kier molecular flexibility index (Phi) is 7.36. The highest BCUT2D eigenvalue weighted by atomic mass is 79.9. The average molecular weight is 370 g/mol.